The fraction of sp³-hybridized carbons (Fsp3) is 0.0612. The van der Waals surface area contributed by atoms with E-state index < -0.39 is 0 Å². The molecular weight excluding hydrogens is 603 g/mol. The Morgan fingerprint density at radius 1 is 0.360 bits per heavy atom. The van der Waals surface area contributed by atoms with Crippen molar-refractivity contribution in [1.82, 2.24) is 0 Å². The molecule has 0 saturated carbocycles. The second kappa shape index (κ2) is 12.1. The smallest absolute Gasteiger partial charge is 0.0546 e. The number of anilines is 3. The third-order valence-electron chi connectivity index (χ3n) is 10.5. The van der Waals surface area contributed by atoms with E-state index in [1.165, 1.54) is 66.4 Å². The summed E-state index contributed by atoms with van der Waals surface area (Å²) in [5.41, 5.74) is 15.9. The summed E-state index contributed by atoms with van der Waals surface area (Å²) in [7, 11) is 0. The summed E-state index contributed by atoms with van der Waals surface area (Å²) in [5.74, 6) is 0. The second-order valence-electron chi connectivity index (χ2n) is 13.7. The first-order valence-electron chi connectivity index (χ1n) is 17.4. The number of hydrogen-bond donors (Lipinski definition) is 0. The van der Waals surface area contributed by atoms with Crippen molar-refractivity contribution < 1.29 is 0 Å². The van der Waals surface area contributed by atoms with Gasteiger partial charge in [-0.05, 0) is 91.2 Å². The third kappa shape index (κ3) is 4.94. The van der Waals surface area contributed by atoms with Gasteiger partial charge < -0.3 is 4.90 Å². The molecule has 0 amide bonds. The molecule has 0 spiro atoms. The Morgan fingerprint density at radius 2 is 0.900 bits per heavy atom. The van der Waals surface area contributed by atoms with Crippen LogP contribution >= 0.6 is 0 Å². The van der Waals surface area contributed by atoms with Crippen molar-refractivity contribution in [1.29, 1.82) is 0 Å². The van der Waals surface area contributed by atoms with Gasteiger partial charge in [-0.3, -0.25) is 0 Å². The lowest BCUT2D eigenvalue weighted by molar-refractivity contribution is 0.660. The molecule has 0 N–H and O–H groups in total. The Morgan fingerprint density at radius 3 is 1.66 bits per heavy atom. The summed E-state index contributed by atoms with van der Waals surface area (Å²) in [6, 6.07) is 68.7. The zero-order valence-electron chi connectivity index (χ0n) is 28.3. The first-order chi connectivity index (χ1) is 24.6. The summed E-state index contributed by atoms with van der Waals surface area (Å²) < 4.78 is 0. The quantitative estimate of drug-likeness (QED) is 0.175. The molecule has 8 aromatic rings. The van der Waals surface area contributed by atoms with Crippen LogP contribution in [0.2, 0.25) is 0 Å². The molecule has 0 bridgehead atoms. The fourth-order valence-electron chi connectivity index (χ4n) is 8.01. The van der Waals surface area contributed by atoms with Crippen molar-refractivity contribution >= 4 is 27.8 Å². The Bertz CT molecular complexity index is 2510. The zero-order chi connectivity index (χ0) is 33.7. The van der Waals surface area contributed by atoms with Gasteiger partial charge >= 0.3 is 0 Å². The standard InChI is InChI=1S/C49H37N/c1-49(2)45-26-14-13-23-42(45)43-31-30-39(33-46(43)49)50(38-29-28-34-16-9-10-21-37(34)32-38)47-27-15-25-41(36-19-7-4-8-20-36)48(47)44-24-12-11-22-40(44)35-17-5-3-6-18-35/h3-33H,1-2H3. The van der Waals surface area contributed by atoms with Gasteiger partial charge in [0.15, 0.2) is 0 Å². The summed E-state index contributed by atoms with van der Waals surface area (Å²) in [4.78, 5) is 2.48. The van der Waals surface area contributed by atoms with E-state index in [0.29, 0.717) is 0 Å². The van der Waals surface area contributed by atoms with E-state index >= 15 is 0 Å². The van der Waals surface area contributed by atoms with E-state index in [1.54, 1.807) is 0 Å². The van der Waals surface area contributed by atoms with Gasteiger partial charge in [0, 0.05) is 22.4 Å². The minimum absolute atomic E-state index is 0.119. The lowest BCUT2D eigenvalue weighted by Gasteiger charge is -2.31. The predicted octanol–water partition coefficient (Wildman–Crippen LogP) is 13.6. The molecule has 8 aromatic carbocycles. The molecular formula is C49H37N. The van der Waals surface area contributed by atoms with Gasteiger partial charge in [0.1, 0.15) is 0 Å². The van der Waals surface area contributed by atoms with E-state index in [9.17, 15) is 0 Å². The molecule has 0 heterocycles. The number of rotatable bonds is 6. The first kappa shape index (κ1) is 29.9. The highest BCUT2D eigenvalue weighted by Gasteiger charge is 2.36. The molecule has 238 valence electrons. The molecule has 0 saturated heterocycles. The van der Waals surface area contributed by atoms with E-state index in [2.05, 4.69) is 207 Å². The minimum atomic E-state index is -0.119. The largest absolute Gasteiger partial charge is 0.310 e. The molecule has 1 heteroatoms. The molecule has 1 nitrogen and oxygen atoms in total. The molecule has 0 aromatic heterocycles. The van der Waals surface area contributed by atoms with Crippen molar-refractivity contribution in [3.05, 3.63) is 199 Å². The molecule has 9 rings (SSSR count). The van der Waals surface area contributed by atoms with Crippen LogP contribution in [0, 0.1) is 0 Å². The Labute approximate surface area is 294 Å². The van der Waals surface area contributed by atoms with Gasteiger partial charge in [-0.2, -0.15) is 0 Å². The molecule has 1 aliphatic rings. The highest BCUT2D eigenvalue weighted by molar-refractivity contribution is 6.02. The van der Waals surface area contributed by atoms with Crippen LogP contribution in [0.3, 0.4) is 0 Å². The van der Waals surface area contributed by atoms with Crippen LogP contribution in [0.5, 0.6) is 0 Å². The first-order valence-corrected chi connectivity index (χ1v) is 17.4. The number of benzene rings is 8. The van der Waals surface area contributed by atoms with Crippen LogP contribution in [-0.4, -0.2) is 0 Å². The summed E-state index contributed by atoms with van der Waals surface area (Å²) in [5, 5.41) is 2.45. The summed E-state index contributed by atoms with van der Waals surface area (Å²) in [6.45, 7) is 4.72. The van der Waals surface area contributed by atoms with Crippen molar-refractivity contribution in [3.63, 3.8) is 0 Å². The van der Waals surface area contributed by atoms with Crippen LogP contribution in [-0.2, 0) is 5.41 Å². The fourth-order valence-corrected chi connectivity index (χ4v) is 8.01. The third-order valence-corrected chi connectivity index (χ3v) is 10.5. The molecule has 1 aliphatic carbocycles. The molecule has 50 heavy (non-hydrogen) atoms. The molecule has 0 atom stereocenters. The Hall–Kier alpha value is -6.18. The summed E-state index contributed by atoms with van der Waals surface area (Å²) >= 11 is 0. The molecule has 0 fully saturated rings. The van der Waals surface area contributed by atoms with Crippen molar-refractivity contribution in [2.24, 2.45) is 0 Å². The van der Waals surface area contributed by atoms with E-state index in [1.807, 2.05) is 0 Å². The average Bonchev–Trinajstić information content (AvgIpc) is 3.41. The van der Waals surface area contributed by atoms with E-state index in [-0.39, 0.29) is 5.41 Å². The van der Waals surface area contributed by atoms with E-state index in [4.69, 9.17) is 0 Å². The lowest BCUT2D eigenvalue weighted by Crippen LogP contribution is -2.17. The monoisotopic (exact) mass is 639 g/mol. The molecule has 0 radical (unpaired) electrons. The van der Waals surface area contributed by atoms with Gasteiger partial charge in [-0.1, -0.05) is 172 Å². The van der Waals surface area contributed by atoms with Gasteiger partial charge in [0.05, 0.1) is 5.69 Å². The average molecular weight is 640 g/mol. The Kier molecular flexibility index (Phi) is 7.21. The maximum absolute atomic E-state index is 2.48. The zero-order valence-corrected chi connectivity index (χ0v) is 28.3. The van der Waals surface area contributed by atoms with Gasteiger partial charge in [-0.25, -0.2) is 0 Å². The SMILES string of the molecule is CC1(C)c2ccccc2-c2ccc(N(c3ccc4ccccc4c3)c3cccc(-c4ccccc4)c3-c3ccccc3-c3ccccc3)cc21. The van der Waals surface area contributed by atoms with Crippen LogP contribution in [0.4, 0.5) is 17.1 Å². The van der Waals surface area contributed by atoms with Crippen LogP contribution in [0.1, 0.15) is 25.0 Å². The van der Waals surface area contributed by atoms with Gasteiger partial charge in [0.25, 0.3) is 0 Å². The highest BCUT2D eigenvalue weighted by atomic mass is 15.1. The van der Waals surface area contributed by atoms with E-state index in [0.717, 1.165) is 17.1 Å². The van der Waals surface area contributed by atoms with Crippen LogP contribution in [0.25, 0.3) is 55.3 Å². The van der Waals surface area contributed by atoms with Gasteiger partial charge in [0.2, 0.25) is 0 Å². The second-order valence-corrected chi connectivity index (χ2v) is 13.7. The van der Waals surface area contributed by atoms with Crippen LogP contribution in [0.15, 0.2) is 188 Å². The minimum Gasteiger partial charge on any atom is -0.310 e. The molecule has 0 unspecified atom stereocenters. The normalized spacial score (nSPS) is 12.8. The number of nitrogens with zero attached hydrogens (tertiary/aromatic N) is 1. The van der Waals surface area contributed by atoms with Crippen molar-refractivity contribution in [2.45, 2.75) is 19.3 Å². The van der Waals surface area contributed by atoms with Gasteiger partial charge in [-0.15, -0.1) is 0 Å². The van der Waals surface area contributed by atoms with Crippen molar-refractivity contribution in [2.75, 3.05) is 4.90 Å². The topological polar surface area (TPSA) is 3.24 Å². The maximum atomic E-state index is 2.48. The number of fused-ring (bicyclic) bond motifs is 4. The lowest BCUT2D eigenvalue weighted by atomic mass is 9.82. The van der Waals surface area contributed by atoms with Crippen molar-refractivity contribution in [3.8, 4) is 44.5 Å². The predicted molar refractivity (Wildman–Crippen MR) is 213 cm³/mol. The maximum Gasteiger partial charge on any atom is 0.0546 e. The summed E-state index contributed by atoms with van der Waals surface area (Å²) in [6.07, 6.45) is 0. The number of hydrogen-bond acceptors (Lipinski definition) is 1. The molecule has 0 aliphatic heterocycles. The highest BCUT2D eigenvalue weighted by Crippen LogP contribution is 2.52. The Balaban J connectivity index is 1.35. The van der Waals surface area contributed by atoms with Crippen LogP contribution < -0.4 is 4.90 Å².